The number of aryl methyl sites for hydroxylation is 1. The van der Waals surface area contributed by atoms with Crippen LogP contribution in [0.15, 0.2) is 12.1 Å². The molecule has 0 saturated carbocycles. The Kier molecular flexibility index (Phi) is 3.96. The first-order valence-corrected chi connectivity index (χ1v) is 4.58. The summed E-state index contributed by atoms with van der Waals surface area (Å²) in [6.07, 6.45) is -0.371. The van der Waals surface area contributed by atoms with E-state index in [0.29, 0.717) is 11.3 Å². The summed E-state index contributed by atoms with van der Waals surface area (Å²) < 4.78 is 28.4. The zero-order valence-corrected chi connectivity index (χ0v) is 8.58. The fourth-order valence-electron chi connectivity index (χ4n) is 1.22. The third-order valence-corrected chi connectivity index (χ3v) is 1.79. The van der Waals surface area contributed by atoms with Crippen LogP contribution in [0, 0.1) is 6.92 Å². The number of rotatable bonds is 4. The van der Waals surface area contributed by atoms with Gasteiger partial charge in [0.05, 0.1) is 6.10 Å². The third-order valence-electron chi connectivity index (χ3n) is 1.79. The number of aliphatic hydroxyl groups is 1. The fraction of sp³-hybridized carbons (Fsp3) is 0.500. The maximum Gasteiger partial charge on any atom is 0.388 e. The van der Waals surface area contributed by atoms with E-state index in [-0.39, 0.29) is 12.3 Å². The Labute approximate surface area is 86.7 Å². The van der Waals surface area contributed by atoms with Crippen LogP contribution in [-0.2, 0) is 6.42 Å². The molecule has 0 radical (unpaired) electrons. The minimum absolute atomic E-state index is 0.106. The van der Waals surface area contributed by atoms with Crippen LogP contribution in [0.3, 0.4) is 0 Å². The Hall–Kier alpha value is -1.23. The lowest BCUT2D eigenvalue weighted by atomic mass is 10.1. The van der Waals surface area contributed by atoms with Crippen LogP contribution in [0.25, 0.3) is 0 Å². The van der Waals surface area contributed by atoms with Gasteiger partial charge in [0.2, 0.25) is 5.88 Å². The van der Waals surface area contributed by atoms with E-state index in [4.69, 9.17) is 5.11 Å². The number of alkyl halides is 2. The van der Waals surface area contributed by atoms with Crippen LogP contribution in [-0.4, -0.2) is 22.8 Å². The highest BCUT2D eigenvalue weighted by Gasteiger charge is 2.12. The molecule has 0 spiro atoms. The quantitative estimate of drug-likeness (QED) is 0.837. The van der Waals surface area contributed by atoms with E-state index >= 15 is 0 Å². The van der Waals surface area contributed by atoms with Gasteiger partial charge in [0.25, 0.3) is 0 Å². The number of hydrogen-bond donors (Lipinski definition) is 1. The first-order chi connectivity index (χ1) is 6.99. The van der Waals surface area contributed by atoms with Crippen LogP contribution in [0.4, 0.5) is 8.78 Å². The fourth-order valence-corrected chi connectivity index (χ4v) is 1.22. The van der Waals surface area contributed by atoms with Gasteiger partial charge >= 0.3 is 6.61 Å². The molecule has 1 heterocycles. The predicted octanol–water partition coefficient (Wildman–Crippen LogP) is 1.91. The van der Waals surface area contributed by atoms with E-state index in [1.165, 1.54) is 0 Å². The van der Waals surface area contributed by atoms with Gasteiger partial charge < -0.3 is 9.84 Å². The highest BCUT2D eigenvalue weighted by atomic mass is 19.3. The molecule has 1 aromatic heterocycles. The Morgan fingerprint density at radius 2 is 2.13 bits per heavy atom. The van der Waals surface area contributed by atoms with Crippen molar-refractivity contribution < 1.29 is 18.6 Å². The highest BCUT2D eigenvalue weighted by molar-refractivity contribution is 5.28. The zero-order valence-electron chi connectivity index (χ0n) is 8.58. The third kappa shape index (κ3) is 3.79. The number of hydrogen-bond acceptors (Lipinski definition) is 3. The van der Waals surface area contributed by atoms with E-state index in [9.17, 15) is 8.78 Å². The number of halogens is 2. The molecule has 84 valence electrons. The Morgan fingerprint density at radius 3 is 2.67 bits per heavy atom. The van der Waals surface area contributed by atoms with Gasteiger partial charge in [0.15, 0.2) is 0 Å². The van der Waals surface area contributed by atoms with Crippen molar-refractivity contribution in [1.29, 1.82) is 0 Å². The molecule has 0 unspecified atom stereocenters. The van der Waals surface area contributed by atoms with Gasteiger partial charge in [-0.05, 0) is 19.9 Å². The molecule has 15 heavy (non-hydrogen) atoms. The summed E-state index contributed by atoms with van der Waals surface area (Å²) in [6.45, 7) is 0.364. The minimum Gasteiger partial charge on any atom is -0.417 e. The van der Waals surface area contributed by atoms with Crippen molar-refractivity contribution in [3.63, 3.8) is 0 Å². The Morgan fingerprint density at radius 1 is 1.47 bits per heavy atom. The molecule has 0 aromatic carbocycles. The molecule has 0 amide bonds. The molecule has 0 aliphatic heterocycles. The smallest absolute Gasteiger partial charge is 0.388 e. The minimum atomic E-state index is -2.90. The van der Waals surface area contributed by atoms with Gasteiger partial charge in [-0.15, -0.1) is 0 Å². The maximum atomic E-state index is 12.0. The molecule has 3 nitrogen and oxygen atoms in total. The second-order valence-corrected chi connectivity index (χ2v) is 3.35. The molecule has 5 heteroatoms. The normalized spacial score (nSPS) is 12.9. The van der Waals surface area contributed by atoms with Crippen molar-refractivity contribution >= 4 is 0 Å². The van der Waals surface area contributed by atoms with Gasteiger partial charge in [-0.3, -0.25) is 0 Å². The lowest BCUT2D eigenvalue weighted by Crippen LogP contribution is -2.11. The van der Waals surface area contributed by atoms with Gasteiger partial charge in [-0.25, -0.2) is 4.98 Å². The second kappa shape index (κ2) is 5.02. The molecule has 1 atom stereocenters. The number of ether oxygens (including phenoxy) is 1. The first-order valence-electron chi connectivity index (χ1n) is 4.58. The average molecular weight is 217 g/mol. The lowest BCUT2D eigenvalue weighted by Gasteiger charge is -2.11. The van der Waals surface area contributed by atoms with E-state index in [0.717, 1.165) is 0 Å². The van der Waals surface area contributed by atoms with Crippen molar-refractivity contribution in [2.24, 2.45) is 0 Å². The van der Waals surface area contributed by atoms with E-state index in [1.807, 2.05) is 0 Å². The number of aliphatic hydroxyl groups excluding tert-OH is 1. The van der Waals surface area contributed by atoms with E-state index in [1.54, 1.807) is 26.0 Å². The van der Waals surface area contributed by atoms with E-state index in [2.05, 4.69) is 9.72 Å². The van der Waals surface area contributed by atoms with Gasteiger partial charge in [0, 0.05) is 17.7 Å². The maximum absolute atomic E-state index is 12.0. The Balaban J connectivity index is 2.92. The van der Waals surface area contributed by atoms with Gasteiger partial charge in [-0.1, -0.05) is 6.07 Å². The summed E-state index contributed by atoms with van der Waals surface area (Å²) in [6, 6.07) is 3.32. The van der Waals surface area contributed by atoms with Gasteiger partial charge in [-0.2, -0.15) is 8.78 Å². The number of nitrogens with zero attached hydrogens (tertiary/aromatic N) is 1. The molecular formula is C10H13F2NO2. The molecule has 0 aliphatic carbocycles. The van der Waals surface area contributed by atoms with E-state index < -0.39 is 12.7 Å². The van der Waals surface area contributed by atoms with Crippen molar-refractivity contribution in [2.45, 2.75) is 33.0 Å². The van der Waals surface area contributed by atoms with Crippen molar-refractivity contribution in [3.05, 3.63) is 23.4 Å². The van der Waals surface area contributed by atoms with Crippen molar-refractivity contribution in [3.8, 4) is 5.88 Å². The lowest BCUT2D eigenvalue weighted by molar-refractivity contribution is -0.0538. The largest absolute Gasteiger partial charge is 0.417 e. The molecular weight excluding hydrogens is 204 g/mol. The van der Waals surface area contributed by atoms with Crippen LogP contribution in [0.2, 0.25) is 0 Å². The SMILES string of the molecule is Cc1ccc(C[C@@H](C)O)c(OC(F)F)n1. The number of pyridine rings is 1. The van der Waals surface area contributed by atoms with Crippen LogP contribution < -0.4 is 4.74 Å². The molecule has 0 fully saturated rings. The average Bonchev–Trinajstić information content (AvgIpc) is 2.08. The summed E-state index contributed by atoms with van der Waals surface area (Å²) >= 11 is 0. The highest BCUT2D eigenvalue weighted by Crippen LogP contribution is 2.19. The molecule has 1 rings (SSSR count). The summed E-state index contributed by atoms with van der Waals surface area (Å²) in [4.78, 5) is 3.85. The standard InChI is InChI=1S/C10H13F2NO2/c1-6-3-4-8(5-7(2)14)9(13-6)15-10(11)12/h3-4,7,10,14H,5H2,1-2H3/t7-/m1/s1. The van der Waals surface area contributed by atoms with Crippen LogP contribution in [0.1, 0.15) is 18.2 Å². The summed E-state index contributed by atoms with van der Waals surface area (Å²) in [5.41, 5.74) is 1.08. The van der Waals surface area contributed by atoms with Crippen molar-refractivity contribution in [2.75, 3.05) is 0 Å². The first kappa shape index (κ1) is 11.8. The van der Waals surface area contributed by atoms with Crippen molar-refractivity contribution in [1.82, 2.24) is 4.98 Å². The summed E-state index contributed by atoms with van der Waals surface area (Å²) in [5, 5.41) is 9.16. The number of aromatic nitrogens is 1. The summed E-state index contributed by atoms with van der Waals surface area (Å²) in [7, 11) is 0. The molecule has 1 N–H and O–H groups in total. The topological polar surface area (TPSA) is 42.4 Å². The molecule has 0 aliphatic rings. The molecule has 0 bridgehead atoms. The second-order valence-electron chi connectivity index (χ2n) is 3.35. The van der Waals surface area contributed by atoms with Gasteiger partial charge in [0.1, 0.15) is 0 Å². The predicted molar refractivity (Wildman–Crippen MR) is 51.0 cm³/mol. The summed E-state index contributed by atoms with van der Waals surface area (Å²) in [5.74, 6) is -0.106. The zero-order chi connectivity index (χ0) is 11.4. The molecule has 0 saturated heterocycles. The Bertz CT molecular complexity index is 329. The van der Waals surface area contributed by atoms with Crippen LogP contribution >= 0.6 is 0 Å². The monoisotopic (exact) mass is 217 g/mol. The van der Waals surface area contributed by atoms with Crippen LogP contribution in [0.5, 0.6) is 5.88 Å². The molecule has 1 aromatic rings.